The van der Waals surface area contributed by atoms with Crippen LogP contribution in [-0.4, -0.2) is 19.9 Å². The minimum atomic E-state index is 0.678. The maximum atomic E-state index is 5.30. The van der Waals surface area contributed by atoms with E-state index in [4.69, 9.17) is 19.9 Å². The van der Waals surface area contributed by atoms with E-state index >= 15 is 0 Å². The van der Waals surface area contributed by atoms with E-state index in [2.05, 4.69) is 127 Å². The van der Waals surface area contributed by atoms with Gasteiger partial charge in [-0.2, -0.15) is 0 Å². The van der Waals surface area contributed by atoms with Crippen LogP contribution in [0.4, 0.5) is 0 Å². The van der Waals surface area contributed by atoms with Gasteiger partial charge in [0.2, 0.25) is 0 Å². The molecule has 3 aliphatic rings. The Bertz CT molecular complexity index is 2600. The molecule has 252 valence electrons. The van der Waals surface area contributed by atoms with Gasteiger partial charge in [-0.1, -0.05) is 133 Å². The van der Waals surface area contributed by atoms with Crippen molar-refractivity contribution in [1.82, 2.24) is 19.9 Å². The van der Waals surface area contributed by atoms with Crippen LogP contribution in [0.1, 0.15) is 24.3 Å². The molecule has 3 aliphatic carbocycles. The molecule has 4 heteroatoms. The Hall–Kier alpha value is -6.26. The summed E-state index contributed by atoms with van der Waals surface area (Å²) >= 11 is 0. The van der Waals surface area contributed by atoms with Gasteiger partial charge < -0.3 is 0 Å². The topological polar surface area (TPSA) is 51.6 Å². The highest BCUT2D eigenvalue weighted by molar-refractivity contribution is 5.87. The standard InChI is InChI=1S/C49H36N4/c1-3-12-31(13-4-1)42-28-43(32-14-5-2-6-15-32)51-48(50-42)37-19-9-17-34(24-37)44-29-45(35-22-21-30-11-7-8-16-33(30)23-35)53-49(52-44)38-20-10-18-36(25-38)46-40-26-39-27-41(46)47(39)40/h1-25,28-29,39-41,46-47H,26-27H2. The quantitative estimate of drug-likeness (QED) is 0.168. The van der Waals surface area contributed by atoms with Crippen molar-refractivity contribution in [2.24, 2.45) is 23.7 Å². The molecule has 3 saturated carbocycles. The second-order valence-electron chi connectivity index (χ2n) is 15.1. The van der Waals surface area contributed by atoms with Gasteiger partial charge in [0.1, 0.15) is 0 Å². The van der Waals surface area contributed by atoms with Crippen molar-refractivity contribution in [2.75, 3.05) is 0 Å². The molecule has 0 aliphatic heterocycles. The summed E-state index contributed by atoms with van der Waals surface area (Å²) in [4.78, 5) is 20.8. The molecule has 0 spiro atoms. The molecule has 2 heterocycles. The van der Waals surface area contributed by atoms with E-state index in [-0.39, 0.29) is 0 Å². The molecular weight excluding hydrogens is 645 g/mol. The highest BCUT2D eigenvalue weighted by Crippen LogP contribution is 2.75. The minimum Gasteiger partial charge on any atom is -0.228 e. The molecule has 6 aromatic carbocycles. The summed E-state index contributed by atoms with van der Waals surface area (Å²) in [6.07, 6.45) is 2.82. The summed E-state index contributed by atoms with van der Waals surface area (Å²) < 4.78 is 0. The summed E-state index contributed by atoms with van der Waals surface area (Å²) in [5, 5.41) is 2.41. The summed E-state index contributed by atoms with van der Waals surface area (Å²) in [5.41, 5.74) is 11.2. The third-order valence-corrected chi connectivity index (χ3v) is 12.2. The van der Waals surface area contributed by atoms with Crippen LogP contribution in [0, 0.1) is 23.7 Å². The third kappa shape index (κ3) is 5.20. The number of hydrogen-bond acceptors (Lipinski definition) is 4. The van der Waals surface area contributed by atoms with Crippen LogP contribution in [0.15, 0.2) is 164 Å². The van der Waals surface area contributed by atoms with E-state index in [1.54, 1.807) is 0 Å². The summed E-state index contributed by atoms with van der Waals surface area (Å²) in [6, 6.07) is 57.6. The Kier molecular flexibility index (Phi) is 6.97. The molecule has 0 amide bonds. The van der Waals surface area contributed by atoms with Gasteiger partial charge in [-0.05, 0) is 89.1 Å². The van der Waals surface area contributed by atoms with Crippen molar-refractivity contribution >= 4 is 10.8 Å². The monoisotopic (exact) mass is 680 g/mol. The Balaban J connectivity index is 1.04. The molecule has 2 unspecified atom stereocenters. The number of nitrogens with zero attached hydrogens (tertiary/aromatic N) is 4. The van der Waals surface area contributed by atoms with E-state index in [9.17, 15) is 0 Å². The van der Waals surface area contributed by atoms with E-state index in [0.29, 0.717) is 11.7 Å². The van der Waals surface area contributed by atoms with Crippen molar-refractivity contribution in [2.45, 2.75) is 18.8 Å². The van der Waals surface area contributed by atoms with Gasteiger partial charge in [-0.15, -0.1) is 0 Å². The fraction of sp³-hybridized carbons (Fsp3) is 0.143. The molecular formula is C49H36N4. The molecule has 0 N–H and O–H groups in total. The van der Waals surface area contributed by atoms with Crippen molar-refractivity contribution in [3.05, 3.63) is 169 Å². The molecule has 11 rings (SSSR count). The summed E-state index contributed by atoms with van der Waals surface area (Å²) in [6.45, 7) is 0. The molecule has 8 aromatic rings. The lowest BCUT2D eigenvalue weighted by molar-refractivity contribution is -0.214. The zero-order valence-electron chi connectivity index (χ0n) is 29.2. The Labute approximate surface area is 309 Å². The smallest absolute Gasteiger partial charge is 0.160 e. The number of rotatable bonds is 7. The van der Waals surface area contributed by atoms with Crippen LogP contribution < -0.4 is 0 Å². The predicted octanol–water partition coefficient (Wildman–Crippen LogP) is 11.8. The molecule has 3 fully saturated rings. The van der Waals surface area contributed by atoms with Crippen LogP contribution in [0.2, 0.25) is 0 Å². The van der Waals surface area contributed by atoms with Gasteiger partial charge >= 0.3 is 0 Å². The van der Waals surface area contributed by atoms with E-state index < -0.39 is 0 Å². The maximum Gasteiger partial charge on any atom is 0.160 e. The van der Waals surface area contributed by atoms with Crippen molar-refractivity contribution in [1.29, 1.82) is 0 Å². The van der Waals surface area contributed by atoms with Gasteiger partial charge in [0.25, 0.3) is 0 Å². The molecule has 0 radical (unpaired) electrons. The Morgan fingerprint density at radius 1 is 0.358 bits per heavy atom. The third-order valence-electron chi connectivity index (χ3n) is 12.2. The lowest BCUT2D eigenvalue weighted by Gasteiger charge is -2.73. The summed E-state index contributed by atoms with van der Waals surface area (Å²) in [5.74, 6) is 5.89. The number of aromatic nitrogens is 4. The SMILES string of the molecule is c1ccc(-c2cc(-c3ccccc3)nc(-c3cccc(-c4cc(-c5ccc6ccccc6c5)nc(-c5cccc(C6C7CC8CC6C87)c5)n4)c3)n2)cc1. The van der Waals surface area contributed by atoms with Crippen LogP contribution >= 0.6 is 0 Å². The van der Waals surface area contributed by atoms with Gasteiger partial charge in [-0.25, -0.2) is 19.9 Å². The zero-order chi connectivity index (χ0) is 34.9. The largest absolute Gasteiger partial charge is 0.228 e. The summed E-state index contributed by atoms with van der Waals surface area (Å²) in [7, 11) is 0. The average Bonchev–Trinajstić information content (AvgIpc) is 3.23. The fourth-order valence-electron chi connectivity index (χ4n) is 9.50. The highest BCUT2D eigenvalue weighted by Gasteiger charge is 2.67. The number of hydrogen-bond donors (Lipinski definition) is 0. The first-order valence-corrected chi connectivity index (χ1v) is 18.8. The normalized spacial score (nSPS) is 20.9. The van der Waals surface area contributed by atoms with Crippen LogP contribution in [0.5, 0.6) is 0 Å². The average molecular weight is 681 g/mol. The first kappa shape index (κ1) is 30.4. The molecule has 53 heavy (non-hydrogen) atoms. The lowest BCUT2D eigenvalue weighted by Crippen LogP contribution is -2.65. The van der Waals surface area contributed by atoms with Gasteiger partial charge in [0.05, 0.1) is 22.8 Å². The number of fused-ring (bicyclic) bond motifs is 1. The lowest BCUT2D eigenvalue weighted by atomic mass is 9.31. The van der Waals surface area contributed by atoms with E-state index in [0.717, 1.165) is 85.7 Å². The van der Waals surface area contributed by atoms with Crippen LogP contribution in [-0.2, 0) is 0 Å². The zero-order valence-corrected chi connectivity index (χ0v) is 29.2. The van der Waals surface area contributed by atoms with Gasteiger partial charge in [0.15, 0.2) is 11.6 Å². The predicted molar refractivity (Wildman–Crippen MR) is 214 cm³/mol. The van der Waals surface area contributed by atoms with Crippen LogP contribution in [0.3, 0.4) is 0 Å². The first-order valence-electron chi connectivity index (χ1n) is 18.8. The molecule has 4 nitrogen and oxygen atoms in total. The first-order chi connectivity index (χ1) is 26.2. The highest BCUT2D eigenvalue weighted by atomic mass is 14.9. The Morgan fingerprint density at radius 3 is 1.45 bits per heavy atom. The van der Waals surface area contributed by atoms with Crippen molar-refractivity contribution in [3.8, 4) is 67.8 Å². The maximum absolute atomic E-state index is 5.30. The Morgan fingerprint density at radius 2 is 0.849 bits per heavy atom. The van der Waals surface area contributed by atoms with Gasteiger partial charge in [-0.3, -0.25) is 0 Å². The van der Waals surface area contributed by atoms with E-state index in [1.165, 1.54) is 29.2 Å². The molecule has 2 aromatic heterocycles. The van der Waals surface area contributed by atoms with Gasteiger partial charge in [0, 0.05) is 33.4 Å². The minimum absolute atomic E-state index is 0.678. The van der Waals surface area contributed by atoms with Crippen LogP contribution in [0.25, 0.3) is 78.6 Å². The molecule has 0 bridgehead atoms. The second-order valence-corrected chi connectivity index (χ2v) is 15.1. The number of benzene rings is 6. The second kappa shape index (κ2) is 12.2. The molecule has 2 atom stereocenters. The molecule has 0 saturated heterocycles. The fourth-order valence-corrected chi connectivity index (χ4v) is 9.50. The van der Waals surface area contributed by atoms with Crippen molar-refractivity contribution < 1.29 is 0 Å². The van der Waals surface area contributed by atoms with Crippen molar-refractivity contribution in [3.63, 3.8) is 0 Å². The van der Waals surface area contributed by atoms with E-state index in [1.807, 2.05) is 36.4 Å².